The van der Waals surface area contributed by atoms with Crippen LogP contribution in [0.25, 0.3) is 0 Å². The Labute approximate surface area is 108 Å². The molecule has 0 amide bonds. The van der Waals surface area contributed by atoms with Crippen LogP contribution in [0.3, 0.4) is 0 Å². The number of anilines is 1. The van der Waals surface area contributed by atoms with Crippen molar-refractivity contribution in [2.24, 2.45) is 5.41 Å². The van der Waals surface area contributed by atoms with Crippen LogP contribution in [-0.4, -0.2) is 11.0 Å². The standard InChI is InChI=1S/C14H22N2S/c1-13(2)7-10-11(14(3,4)8-13)17-12(16-10)15-9-5-6-9/h9H,5-8H2,1-4H3,(H,15,16). The minimum atomic E-state index is 0.290. The fourth-order valence-electron chi connectivity index (χ4n) is 3.26. The van der Waals surface area contributed by atoms with Gasteiger partial charge in [-0.3, -0.25) is 0 Å². The highest BCUT2D eigenvalue weighted by atomic mass is 32.1. The molecule has 2 aliphatic rings. The summed E-state index contributed by atoms with van der Waals surface area (Å²) in [6, 6.07) is 0.707. The molecule has 17 heavy (non-hydrogen) atoms. The smallest absolute Gasteiger partial charge is 0.183 e. The van der Waals surface area contributed by atoms with Crippen molar-refractivity contribution in [2.45, 2.75) is 64.8 Å². The predicted molar refractivity (Wildman–Crippen MR) is 73.9 cm³/mol. The molecule has 0 unspecified atom stereocenters. The van der Waals surface area contributed by atoms with Crippen molar-refractivity contribution in [1.29, 1.82) is 0 Å². The van der Waals surface area contributed by atoms with E-state index in [9.17, 15) is 0 Å². The van der Waals surface area contributed by atoms with Gasteiger partial charge in [0, 0.05) is 16.3 Å². The Morgan fingerprint density at radius 3 is 2.59 bits per heavy atom. The highest BCUT2D eigenvalue weighted by Crippen LogP contribution is 2.48. The van der Waals surface area contributed by atoms with Crippen LogP contribution in [-0.2, 0) is 11.8 Å². The number of fused-ring (bicyclic) bond motifs is 1. The lowest BCUT2D eigenvalue weighted by Crippen LogP contribution is -2.33. The molecule has 1 aromatic rings. The molecule has 0 atom stereocenters. The number of rotatable bonds is 2. The zero-order valence-corrected chi connectivity index (χ0v) is 12.1. The van der Waals surface area contributed by atoms with Gasteiger partial charge in [-0.2, -0.15) is 0 Å². The molecule has 0 bridgehead atoms. The summed E-state index contributed by atoms with van der Waals surface area (Å²) in [5.41, 5.74) is 2.03. The number of thiazole rings is 1. The highest BCUT2D eigenvalue weighted by molar-refractivity contribution is 7.15. The first-order valence-electron chi connectivity index (χ1n) is 6.62. The summed E-state index contributed by atoms with van der Waals surface area (Å²) in [4.78, 5) is 6.34. The molecule has 1 heterocycles. The van der Waals surface area contributed by atoms with Crippen LogP contribution in [0.5, 0.6) is 0 Å². The van der Waals surface area contributed by atoms with Crippen LogP contribution in [0, 0.1) is 5.41 Å². The monoisotopic (exact) mass is 250 g/mol. The Hall–Kier alpha value is -0.570. The molecular weight excluding hydrogens is 228 g/mol. The average molecular weight is 250 g/mol. The van der Waals surface area contributed by atoms with Crippen LogP contribution in [0.4, 0.5) is 5.13 Å². The summed E-state index contributed by atoms with van der Waals surface area (Å²) in [5.74, 6) is 0. The van der Waals surface area contributed by atoms with Gasteiger partial charge in [0.1, 0.15) is 0 Å². The van der Waals surface area contributed by atoms with Gasteiger partial charge in [-0.1, -0.05) is 27.7 Å². The van der Waals surface area contributed by atoms with E-state index < -0.39 is 0 Å². The molecule has 0 spiro atoms. The first-order valence-corrected chi connectivity index (χ1v) is 7.44. The molecule has 1 fully saturated rings. The van der Waals surface area contributed by atoms with E-state index in [4.69, 9.17) is 4.98 Å². The third-order valence-corrected chi connectivity index (χ3v) is 5.18. The summed E-state index contributed by atoms with van der Waals surface area (Å²) in [7, 11) is 0. The van der Waals surface area contributed by atoms with E-state index >= 15 is 0 Å². The summed E-state index contributed by atoms with van der Waals surface area (Å²) in [5, 5.41) is 4.70. The van der Waals surface area contributed by atoms with Gasteiger partial charge in [-0.25, -0.2) is 4.98 Å². The van der Waals surface area contributed by atoms with Gasteiger partial charge in [0.25, 0.3) is 0 Å². The Kier molecular flexibility index (Phi) is 2.35. The van der Waals surface area contributed by atoms with Crippen molar-refractivity contribution in [3.8, 4) is 0 Å². The second kappa shape index (κ2) is 3.47. The normalized spacial score (nSPS) is 25.4. The zero-order chi connectivity index (χ0) is 12.3. The maximum Gasteiger partial charge on any atom is 0.183 e. The van der Waals surface area contributed by atoms with Gasteiger partial charge < -0.3 is 5.32 Å². The topological polar surface area (TPSA) is 24.9 Å². The Balaban J connectivity index is 1.94. The second-order valence-corrected chi connectivity index (χ2v) is 8.11. The van der Waals surface area contributed by atoms with Crippen molar-refractivity contribution < 1.29 is 0 Å². The van der Waals surface area contributed by atoms with E-state index in [1.807, 2.05) is 11.3 Å². The van der Waals surface area contributed by atoms with Crippen molar-refractivity contribution in [1.82, 2.24) is 4.98 Å². The fourth-order valence-corrected chi connectivity index (χ4v) is 4.42. The molecule has 0 aliphatic heterocycles. The van der Waals surface area contributed by atoms with Crippen molar-refractivity contribution in [3.63, 3.8) is 0 Å². The molecule has 0 saturated heterocycles. The van der Waals surface area contributed by atoms with E-state index in [0.29, 0.717) is 11.5 Å². The van der Waals surface area contributed by atoms with Gasteiger partial charge in [0.15, 0.2) is 5.13 Å². The minimum absolute atomic E-state index is 0.290. The van der Waals surface area contributed by atoms with Crippen molar-refractivity contribution in [3.05, 3.63) is 10.6 Å². The molecule has 0 radical (unpaired) electrons. The molecule has 1 aromatic heterocycles. The van der Waals surface area contributed by atoms with Gasteiger partial charge >= 0.3 is 0 Å². The van der Waals surface area contributed by atoms with Crippen molar-refractivity contribution >= 4 is 16.5 Å². The molecular formula is C14H22N2S. The second-order valence-electron chi connectivity index (χ2n) is 7.12. The molecule has 3 heteroatoms. The summed E-state index contributed by atoms with van der Waals surface area (Å²) >= 11 is 1.89. The molecule has 2 nitrogen and oxygen atoms in total. The van der Waals surface area contributed by atoms with E-state index in [1.165, 1.54) is 29.8 Å². The largest absolute Gasteiger partial charge is 0.359 e. The minimum Gasteiger partial charge on any atom is -0.359 e. The third-order valence-electron chi connectivity index (χ3n) is 3.78. The third kappa shape index (κ3) is 2.22. The van der Waals surface area contributed by atoms with Gasteiger partial charge in [0.05, 0.1) is 5.69 Å². The molecule has 3 rings (SSSR count). The number of nitrogens with zero attached hydrogens (tertiary/aromatic N) is 1. The quantitative estimate of drug-likeness (QED) is 0.859. The van der Waals surface area contributed by atoms with Crippen LogP contribution in [0.1, 0.15) is 57.5 Å². The predicted octanol–water partition coefficient (Wildman–Crippen LogP) is 3.97. The molecule has 1 saturated carbocycles. The summed E-state index contributed by atoms with van der Waals surface area (Å²) in [6.07, 6.45) is 5.03. The fraction of sp³-hybridized carbons (Fsp3) is 0.786. The number of aromatic nitrogens is 1. The van der Waals surface area contributed by atoms with Gasteiger partial charge in [0.2, 0.25) is 0 Å². The zero-order valence-electron chi connectivity index (χ0n) is 11.3. The van der Waals surface area contributed by atoms with E-state index in [2.05, 4.69) is 33.0 Å². The maximum absolute atomic E-state index is 4.83. The van der Waals surface area contributed by atoms with Crippen LogP contribution in [0.2, 0.25) is 0 Å². The van der Waals surface area contributed by atoms with Gasteiger partial charge in [-0.05, 0) is 31.1 Å². The maximum atomic E-state index is 4.83. The van der Waals surface area contributed by atoms with E-state index in [1.54, 1.807) is 0 Å². The summed E-state index contributed by atoms with van der Waals surface area (Å²) in [6.45, 7) is 9.47. The first-order chi connectivity index (χ1) is 7.86. The SMILES string of the molecule is CC1(C)Cc2nc(NC3CC3)sc2C(C)(C)C1. The van der Waals surface area contributed by atoms with Crippen LogP contribution < -0.4 is 5.32 Å². The molecule has 1 N–H and O–H groups in total. The molecule has 2 aliphatic carbocycles. The van der Waals surface area contributed by atoms with E-state index in [-0.39, 0.29) is 5.41 Å². The van der Waals surface area contributed by atoms with Crippen molar-refractivity contribution in [2.75, 3.05) is 5.32 Å². The van der Waals surface area contributed by atoms with Gasteiger partial charge in [-0.15, -0.1) is 11.3 Å². The summed E-state index contributed by atoms with van der Waals surface area (Å²) < 4.78 is 0. The lowest BCUT2D eigenvalue weighted by atomic mass is 9.67. The number of nitrogens with one attached hydrogen (secondary N) is 1. The lowest BCUT2D eigenvalue weighted by molar-refractivity contribution is 0.232. The Morgan fingerprint density at radius 2 is 1.94 bits per heavy atom. The Morgan fingerprint density at radius 1 is 1.24 bits per heavy atom. The highest BCUT2D eigenvalue weighted by Gasteiger charge is 2.40. The first kappa shape index (κ1) is 11.5. The number of hydrogen-bond acceptors (Lipinski definition) is 3. The van der Waals surface area contributed by atoms with Crippen LogP contribution in [0.15, 0.2) is 0 Å². The van der Waals surface area contributed by atoms with Crippen LogP contribution >= 0.6 is 11.3 Å². The molecule has 94 valence electrons. The Bertz CT molecular complexity index is 441. The average Bonchev–Trinajstić information content (AvgIpc) is 2.83. The van der Waals surface area contributed by atoms with E-state index in [0.717, 1.165) is 11.6 Å². The lowest BCUT2D eigenvalue weighted by Gasteiger charge is -2.39. The molecule has 0 aromatic carbocycles. The number of hydrogen-bond donors (Lipinski definition) is 1.